The number of amides is 2. The summed E-state index contributed by atoms with van der Waals surface area (Å²) in [6, 6.07) is 2.43. The lowest BCUT2D eigenvalue weighted by atomic mass is 9.83. The molecule has 6 heteroatoms. The molecule has 1 aromatic rings. The number of nitrogens with zero attached hydrogens (tertiary/aromatic N) is 1. The minimum atomic E-state index is -0.813. The van der Waals surface area contributed by atoms with Gasteiger partial charge in [0.25, 0.3) is 5.91 Å². The molecule has 2 rings (SSSR count). The maximum atomic E-state index is 12.0. The highest BCUT2D eigenvalue weighted by Gasteiger charge is 2.32. The summed E-state index contributed by atoms with van der Waals surface area (Å²) in [5.41, 5.74) is 5.72. The van der Waals surface area contributed by atoms with Gasteiger partial charge in [0.2, 0.25) is 5.91 Å². The second-order valence-corrected chi connectivity index (χ2v) is 4.99. The van der Waals surface area contributed by atoms with Crippen molar-refractivity contribution in [1.82, 2.24) is 10.3 Å². The Bertz CT molecular complexity index is 516. The van der Waals surface area contributed by atoms with E-state index in [1.807, 2.05) is 0 Å². The molecule has 106 valence electrons. The first-order valence-electron chi connectivity index (χ1n) is 6.60. The van der Waals surface area contributed by atoms with Crippen LogP contribution in [-0.4, -0.2) is 28.6 Å². The molecule has 0 aliphatic heterocycles. The van der Waals surface area contributed by atoms with Gasteiger partial charge >= 0.3 is 0 Å². The van der Waals surface area contributed by atoms with Gasteiger partial charge in [0.1, 0.15) is 11.8 Å². The van der Waals surface area contributed by atoms with Gasteiger partial charge in [-0.05, 0) is 30.9 Å². The normalized spacial score (nSPS) is 20.2. The lowest BCUT2D eigenvalue weighted by Gasteiger charge is -2.28. The van der Waals surface area contributed by atoms with Crippen molar-refractivity contribution >= 4 is 17.6 Å². The van der Waals surface area contributed by atoms with Crippen molar-refractivity contribution in [3.05, 3.63) is 30.1 Å². The lowest BCUT2D eigenvalue weighted by Crippen LogP contribution is -2.50. The van der Waals surface area contributed by atoms with Gasteiger partial charge in [-0.2, -0.15) is 0 Å². The van der Waals surface area contributed by atoms with Gasteiger partial charge in [0.15, 0.2) is 0 Å². The Morgan fingerprint density at radius 3 is 2.85 bits per heavy atom. The molecule has 3 N–H and O–H groups in total. The number of carbonyl (C=O) groups is 3. The molecule has 20 heavy (non-hydrogen) atoms. The molecule has 1 aliphatic carbocycles. The summed E-state index contributed by atoms with van der Waals surface area (Å²) in [7, 11) is 0. The predicted octanol–water partition coefficient (Wildman–Crippen LogP) is 0.425. The average molecular weight is 275 g/mol. The van der Waals surface area contributed by atoms with Crippen molar-refractivity contribution in [2.45, 2.75) is 31.7 Å². The third kappa shape index (κ3) is 3.40. The molecule has 0 unspecified atom stereocenters. The van der Waals surface area contributed by atoms with Gasteiger partial charge in [0, 0.05) is 25.2 Å². The summed E-state index contributed by atoms with van der Waals surface area (Å²) in [4.78, 5) is 38.9. The highest BCUT2D eigenvalue weighted by molar-refractivity contribution is 5.97. The number of hydrogen-bond donors (Lipinski definition) is 2. The highest BCUT2D eigenvalue weighted by Crippen LogP contribution is 2.24. The Balaban J connectivity index is 2.08. The molecule has 1 saturated carbocycles. The number of hydrogen-bond acceptors (Lipinski definition) is 4. The number of Topliss-reactive ketones (excluding diaryl/α,β-unsaturated/α-hetero) is 1. The number of aromatic nitrogens is 1. The SMILES string of the molecule is NC(=O)[C@@H](NC(=O)c1cccnc1)[C@H]1CCCC(=O)C1. The van der Waals surface area contributed by atoms with Gasteiger partial charge in [-0.3, -0.25) is 19.4 Å². The van der Waals surface area contributed by atoms with Gasteiger partial charge in [-0.25, -0.2) is 0 Å². The summed E-state index contributed by atoms with van der Waals surface area (Å²) in [5.74, 6) is -1.11. The summed E-state index contributed by atoms with van der Waals surface area (Å²) >= 11 is 0. The smallest absolute Gasteiger partial charge is 0.253 e. The van der Waals surface area contributed by atoms with Crippen LogP contribution in [-0.2, 0) is 9.59 Å². The Kier molecular flexibility index (Phi) is 4.45. The van der Waals surface area contributed by atoms with E-state index < -0.39 is 17.9 Å². The zero-order valence-electron chi connectivity index (χ0n) is 11.0. The van der Waals surface area contributed by atoms with Crippen LogP contribution in [0.1, 0.15) is 36.0 Å². The van der Waals surface area contributed by atoms with Crippen molar-refractivity contribution in [3.63, 3.8) is 0 Å². The number of nitrogens with one attached hydrogen (secondary N) is 1. The van der Waals surface area contributed by atoms with E-state index in [0.29, 0.717) is 24.8 Å². The molecular weight excluding hydrogens is 258 g/mol. The molecule has 6 nitrogen and oxygen atoms in total. The van der Waals surface area contributed by atoms with Gasteiger partial charge in [0.05, 0.1) is 5.56 Å². The fourth-order valence-corrected chi connectivity index (χ4v) is 2.49. The van der Waals surface area contributed by atoms with Crippen LogP contribution < -0.4 is 11.1 Å². The van der Waals surface area contributed by atoms with Crippen molar-refractivity contribution in [1.29, 1.82) is 0 Å². The summed E-state index contributed by atoms with van der Waals surface area (Å²) in [6.45, 7) is 0. The highest BCUT2D eigenvalue weighted by atomic mass is 16.2. The van der Waals surface area contributed by atoms with E-state index in [-0.39, 0.29) is 11.7 Å². The summed E-state index contributed by atoms with van der Waals surface area (Å²) in [6.07, 6.45) is 5.25. The molecule has 1 fully saturated rings. The zero-order chi connectivity index (χ0) is 14.5. The van der Waals surface area contributed by atoms with Crippen LogP contribution in [0.3, 0.4) is 0 Å². The first kappa shape index (κ1) is 14.2. The molecule has 0 bridgehead atoms. The van der Waals surface area contributed by atoms with Crippen LogP contribution in [0.4, 0.5) is 0 Å². The monoisotopic (exact) mass is 275 g/mol. The largest absolute Gasteiger partial charge is 0.368 e. The summed E-state index contributed by atoms with van der Waals surface area (Å²) < 4.78 is 0. The molecule has 1 aromatic heterocycles. The number of nitrogens with two attached hydrogens (primary N) is 1. The minimum absolute atomic E-state index is 0.114. The quantitative estimate of drug-likeness (QED) is 0.831. The van der Waals surface area contributed by atoms with E-state index in [1.165, 1.54) is 6.20 Å². The Morgan fingerprint density at radius 2 is 2.25 bits per heavy atom. The van der Waals surface area contributed by atoms with E-state index in [0.717, 1.165) is 6.42 Å². The van der Waals surface area contributed by atoms with Crippen molar-refractivity contribution in [3.8, 4) is 0 Å². The predicted molar refractivity (Wildman–Crippen MR) is 71.7 cm³/mol. The maximum Gasteiger partial charge on any atom is 0.253 e. The summed E-state index contributed by atoms with van der Waals surface area (Å²) in [5, 5.41) is 2.62. The van der Waals surface area contributed by atoms with Crippen LogP contribution in [0, 0.1) is 5.92 Å². The van der Waals surface area contributed by atoms with Crippen LogP contribution >= 0.6 is 0 Å². The van der Waals surface area contributed by atoms with Crippen molar-refractivity contribution < 1.29 is 14.4 Å². The van der Waals surface area contributed by atoms with E-state index >= 15 is 0 Å². The molecule has 2 amide bonds. The van der Waals surface area contributed by atoms with E-state index in [1.54, 1.807) is 18.3 Å². The second kappa shape index (κ2) is 6.27. The Morgan fingerprint density at radius 1 is 1.45 bits per heavy atom. The average Bonchev–Trinajstić information content (AvgIpc) is 2.45. The molecular formula is C14H17N3O3. The fourth-order valence-electron chi connectivity index (χ4n) is 2.49. The number of rotatable bonds is 4. The number of primary amides is 1. The van der Waals surface area contributed by atoms with Crippen LogP contribution in [0.5, 0.6) is 0 Å². The fraction of sp³-hybridized carbons (Fsp3) is 0.429. The number of carbonyl (C=O) groups excluding carboxylic acids is 3. The molecule has 0 aromatic carbocycles. The van der Waals surface area contributed by atoms with E-state index in [9.17, 15) is 14.4 Å². The van der Waals surface area contributed by atoms with Gasteiger partial charge in [-0.1, -0.05) is 0 Å². The molecule has 0 radical (unpaired) electrons. The number of pyridine rings is 1. The lowest BCUT2D eigenvalue weighted by molar-refractivity contribution is -0.124. The second-order valence-electron chi connectivity index (χ2n) is 4.99. The van der Waals surface area contributed by atoms with Gasteiger partial charge < -0.3 is 11.1 Å². The van der Waals surface area contributed by atoms with E-state index in [2.05, 4.69) is 10.3 Å². The Labute approximate surface area is 116 Å². The topological polar surface area (TPSA) is 102 Å². The first-order chi connectivity index (χ1) is 9.58. The molecule has 0 saturated heterocycles. The van der Waals surface area contributed by atoms with Gasteiger partial charge in [-0.15, -0.1) is 0 Å². The van der Waals surface area contributed by atoms with Crippen LogP contribution in [0.15, 0.2) is 24.5 Å². The molecule has 1 aliphatic rings. The third-order valence-corrected chi connectivity index (χ3v) is 3.51. The molecule has 0 spiro atoms. The maximum absolute atomic E-state index is 12.0. The van der Waals surface area contributed by atoms with Crippen LogP contribution in [0.2, 0.25) is 0 Å². The first-order valence-corrected chi connectivity index (χ1v) is 6.60. The number of ketones is 1. The van der Waals surface area contributed by atoms with Crippen molar-refractivity contribution in [2.24, 2.45) is 11.7 Å². The molecule has 2 atom stereocenters. The van der Waals surface area contributed by atoms with Crippen molar-refractivity contribution in [2.75, 3.05) is 0 Å². The Hall–Kier alpha value is -2.24. The molecule has 1 heterocycles. The standard InChI is InChI=1S/C14H17N3O3/c15-13(19)12(9-3-1-5-11(18)7-9)17-14(20)10-4-2-6-16-8-10/h2,4,6,8-9,12H,1,3,5,7H2,(H2,15,19)(H,17,20)/t9-,12-/m0/s1. The third-order valence-electron chi connectivity index (χ3n) is 3.51. The van der Waals surface area contributed by atoms with Crippen LogP contribution in [0.25, 0.3) is 0 Å². The van der Waals surface area contributed by atoms with E-state index in [4.69, 9.17) is 5.73 Å². The zero-order valence-corrected chi connectivity index (χ0v) is 11.0. The minimum Gasteiger partial charge on any atom is -0.368 e.